The predicted molar refractivity (Wildman–Crippen MR) is 41.3 cm³/mol. The molecule has 0 atom stereocenters. The summed E-state index contributed by atoms with van der Waals surface area (Å²) in [6, 6.07) is -4.93. The molecule has 0 aliphatic rings. The molecule has 0 bridgehead atoms. The van der Waals surface area contributed by atoms with Crippen LogP contribution in [0.4, 0.5) is 13.2 Å². The van der Waals surface area contributed by atoms with Gasteiger partial charge in [0.1, 0.15) is 0 Å². The van der Waals surface area contributed by atoms with Gasteiger partial charge in [0.25, 0.3) is 0 Å². The van der Waals surface area contributed by atoms with Crippen LogP contribution in [0.2, 0.25) is 0 Å². The van der Waals surface area contributed by atoms with Crippen LogP contribution in [0, 0.1) is 0 Å². The van der Waals surface area contributed by atoms with Crippen molar-refractivity contribution in [2.24, 2.45) is 0 Å². The first-order valence-electron chi connectivity index (χ1n) is 5.12. The third-order valence-electron chi connectivity index (χ3n) is 1.19. The molecule has 6 heteroatoms. The lowest BCUT2D eigenvalue weighted by Crippen LogP contribution is -2.29. The van der Waals surface area contributed by atoms with Gasteiger partial charge >= 0.3 is 13.3 Å². The minimum Gasteiger partial charge on any atom is -0.423 e. The average molecular weight is 194 g/mol. The molecule has 0 unspecified atom stereocenters. The van der Waals surface area contributed by atoms with Crippen LogP contribution in [0.1, 0.15) is 11.0 Å². The Bertz CT molecular complexity index is 434. The third kappa shape index (κ3) is 2.47. The molecule has 0 heterocycles. The van der Waals surface area contributed by atoms with Crippen molar-refractivity contribution in [1.82, 2.24) is 0 Å². The fourth-order valence-corrected chi connectivity index (χ4v) is 0.593. The van der Waals surface area contributed by atoms with Crippen molar-refractivity contribution in [3.8, 4) is 0 Å². The summed E-state index contributed by atoms with van der Waals surface area (Å²) in [6.07, 6.45) is -5.04. The highest BCUT2D eigenvalue weighted by Crippen LogP contribution is 2.28. The van der Waals surface area contributed by atoms with Gasteiger partial charge in [-0.1, -0.05) is 24.2 Å². The van der Waals surface area contributed by atoms with E-state index in [0.717, 1.165) is 0 Å². The zero-order valence-electron chi connectivity index (χ0n) is 10.1. The summed E-state index contributed by atoms with van der Waals surface area (Å²) >= 11 is 0. The SMILES string of the molecule is [2H]c1c([2H])c(C(F)(F)F)c([2H])c([2H])c1B(O)O. The molecule has 0 radical (unpaired) electrons. The van der Waals surface area contributed by atoms with Crippen molar-refractivity contribution >= 4 is 12.6 Å². The molecule has 0 aromatic heterocycles. The second-order valence-electron chi connectivity index (χ2n) is 2.16. The Balaban J connectivity index is 3.71. The van der Waals surface area contributed by atoms with Crippen LogP contribution in [0.3, 0.4) is 0 Å². The van der Waals surface area contributed by atoms with E-state index in [0.29, 0.717) is 0 Å². The molecule has 0 amide bonds. The Labute approximate surface area is 78.4 Å². The molecule has 2 nitrogen and oxygen atoms in total. The molecular weight excluding hydrogens is 184 g/mol. The van der Waals surface area contributed by atoms with Crippen molar-refractivity contribution < 1.29 is 28.7 Å². The Morgan fingerprint density at radius 3 is 1.92 bits per heavy atom. The molecule has 0 aliphatic heterocycles. The van der Waals surface area contributed by atoms with Gasteiger partial charge in [0.2, 0.25) is 0 Å². The van der Waals surface area contributed by atoms with E-state index in [1.807, 2.05) is 0 Å². The van der Waals surface area contributed by atoms with Crippen LogP contribution >= 0.6 is 0 Å². The van der Waals surface area contributed by atoms with Crippen molar-refractivity contribution in [1.29, 1.82) is 0 Å². The van der Waals surface area contributed by atoms with Crippen LogP contribution in [0.5, 0.6) is 0 Å². The van der Waals surface area contributed by atoms with Crippen molar-refractivity contribution in [2.45, 2.75) is 6.18 Å². The number of hydrogen-bond donors (Lipinski definition) is 2. The number of benzene rings is 1. The summed E-state index contributed by atoms with van der Waals surface area (Å²) in [4.78, 5) is 0. The maximum atomic E-state index is 12.5. The second kappa shape index (κ2) is 3.39. The van der Waals surface area contributed by atoms with Gasteiger partial charge in [-0.3, -0.25) is 0 Å². The summed E-state index contributed by atoms with van der Waals surface area (Å²) in [5.41, 5.74) is -2.61. The molecule has 70 valence electrons. The van der Waals surface area contributed by atoms with E-state index in [9.17, 15) is 13.2 Å². The lowest BCUT2D eigenvalue weighted by atomic mass is 9.80. The van der Waals surface area contributed by atoms with Crippen LogP contribution in [-0.4, -0.2) is 17.2 Å². The first-order valence-corrected chi connectivity index (χ1v) is 3.12. The summed E-state index contributed by atoms with van der Waals surface area (Å²) in [5, 5.41) is 17.6. The summed E-state index contributed by atoms with van der Waals surface area (Å²) in [5.74, 6) is 0. The Kier molecular flexibility index (Phi) is 1.48. The Morgan fingerprint density at radius 2 is 1.62 bits per heavy atom. The van der Waals surface area contributed by atoms with Crippen LogP contribution in [-0.2, 0) is 6.18 Å². The molecule has 13 heavy (non-hydrogen) atoms. The summed E-state index contributed by atoms with van der Waals surface area (Å²) in [6.45, 7) is 0. The number of alkyl halides is 3. The van der Waals surface area contributed by atoms with Crippen molar-refractivity contribution in [3.05, 3.63) is 29.7 Å². The largest absolute Gasteiger partial charge is 0.488 e. The fraction of sp³-hybridized carbons (Fsp3) is 0.143. The van der Waals surface area contributed by atoms with Gasteiger partial charge in [-0.2, -0.15) is 13.2 Å². The molecule has 2 N–H and O–H groups in total. The zero-order valence-corrected chi connectivity index (χ0v) is 6.11. The van der Waals surface area contributed by atoms with E-state index in [2.05, 4.69) is 0 Å². The number of hydrogen-bond acceptors (Lipinski definition) is 2. The highest BCUT2D eigenvalue weighted by atomic mass is 19.4. The lowest BCUT2D eigenvalue weighted by Gasteiger charge is -2.06. The zero-order chi connectivity index (χ0) is 13.5. The van der Waals surface area contributed by atoms with Crippen molar-refractivity contribution in [3.63, 3.8) is 0 Å². The van der Waals surface area contributed by atoms with Crippen LogP contribution in [0.25, 0.3) is 0 Å². The standard InChI is InChI=1S/C7H6BF3O2/c9-7(10,11)5-1-3-6(4-2-5)8(12)13/h1-4,12-13H/i1D,2D,3D,4D. The summed E-state index contributed by atoms with van der Waals surface area (Å²) < 4.78 is 65.9. The fourth-order valence-electron chi connectivity index (χ4n) is 0.593. The second-order valence-corrected chi connectivity index (χ2v) is 2.16. The molecular formula is C7H6BF3O2. The van der Waals surface area contributed by atoms with E-state index in [4.69, 9.17) is 15.5 Å². The minimum atomic E-state index is -5.04. The maximum Gasteiger partial charge on any atom is 0.488 e. The first kappa shape index (κ1) is 5.67. The van der Waals surface area contributed by atoms with E-state index in [1.165, 1.54) is 0 Å². The molecule has 0 aliphatic carbocycles. The normalized spacial score (nSPS) is 15.8. The van der Waals surface area contributed by atoms with E-state index in [-0.39, 0.29) is 0 Å². The molecule has 0 fully saturated rings. The molecule has 0 saturated heterocycles. The minimum absolute atomic E-state index is 0.881. The lowest BCUT2D eigenvalue weighted by molar-refractivity contribution is -0.137. The van der Waals surface area contributed by atoms with Gasteiger partial charge in [0.05, 0.1) is 11.0 Å². The first-order chi connectivity index (χ1) is 7.59. The Hall–Kier alpha value is -1.01. The molecule has 0 spiro atoms. The third-order valence-corrected chi connectivity index (χ3v) is 1.19. The van der Waals surface area contributed by atoms with Gasteiger partial charge in [-0.05, 0) is 5.46 Å². The maximum absolute atomic E-state index is 12.5. The van der Waals surface area contributed by atoms with E-state index >= 15 is 0 Å². The topological polar surface area (TPSA) is 40.5 Å². The number of rotatable bonds is 1. The summed E-state index contributed by atoms with van der Waals surface area (Å²) in [7, 11) is -2.37. The smallest absolute Gasteiger partial charge is 0.423 e. The highest BCUT2D eigenvalue weighted by molar-refractivity contribution is 6.58. The quantitative estimate of drug-likeness (QED) is 0.634. The van der Waals surface area contributed by atoms with Crippen molar-refractivity contribution in [2.75, 3.05) is 0 Å². The predicted octanol–water partition coefficient (Wildman–Crippen LogP) is 0.385. The average Bonchev–Trinajstić information content (AvgIpc) is 2.12. The van der Waals surface area contributed by atoms with Gasteiger partial charge in [0, 0.05) is 0 Å². The van der Waals surface area contributed by atoms with Gasteiger partial charge in [-0.15, -0.1) is 0 Å². The Morgan fingerprint density at radius 1 is 1.15 bits per heavy atom. The molecule has 1 aromatic rings. The van der Waals surface area contributed by atoms with E-state index < -0.39 is 48.5 Å². The van der Waals surface area contributed by atoms with Gasteiger partial charge in [0.15, 0.2) is 0 Å². The van der Waals surface area contributed by atoms with Crippen LogP contribution in [0.15, 0.2) is 24.2 Å². The molecule has 1 aromatic carbocycles. The van der Waals surface area contributed by atoms with E-state index in [1.54, 1.807) is 0 Å². The highest BCUT2D eigenvalue weighted by Gasteiger charge is 2.30. The van der Waals surface area contributed by atoms with Gasteiger partial charge < -0.3 is 10.0 Å². The molecule has 1 rings (SSSR count). The van der Waals surface area contributed by atoms with Crippen LogP contribution < -0.4 is 5.46 Å². The molecule has 0 saturated carbocycles. The monoisotopic (exact) mass is 194 g/mol. The number of halogens is 3. The van der Waals surface area contributed by atoms with Gasteiger partial charge in [-0.25, -0.2) is 0 Å².